The van der Waals surface area contributed by atoms with E-state index in [-0.39, 0.29) is 37.3 Å². The maximum Gasteiger partial charge on any atom is 0.227 e. The molecule has 198 valence electrons. The van der Waals surface area contributed by atoms with Crippen LogP contribution in [0.2, 0.25) is 0 Å². The third-order valence-electron chi connectivity index (χ3n) is 6.21. The molecule has 2 N–H and O–H groups in total. The van der Waals surface area contributed by atoms with E-state index in [2.05, 4.69) is 5.32 Å². The van der Waals surface area contributed by atoms with Crippen LogP contribution in [0.15, 0.2) is 18.2 Å². The standard InChI is InChI=1S/C24H40N4O6S/c1-17-14-28(18(2)16-29)24(31)13-19-12-20(25-23(30)8-7-11-26(3)4)9-10-21(19)34-22(17)15-27(5)35(6,32)33/h9-10,12,17-18,22,29H,7-8,11,13-16H2,1-6H3,(H,25,30)/t17-,18+,22-/m0/s1. The van der Waals surface area contributed by atoms with Crippen molar-refractivity contribution in [2.75, 3.05) is 59.0 Å². The summed E-state index contributed by atoms with van der Waals surface area (Å²) in [6, 6.07) is 4.76. The third kappa shape index (κ3) is 8.75. The minimum absolute atomic E-state index is 0.0331. The number of benzene rings is 1. The van der Waals surface area contributed by atoms with Gasteiger partial charge in [0.2, 0.25) is 21.8 Å². The Hall–Kier alpha value is -2.21. The van der Waals surface area contributed by atoms with Gasteiger partial charge < -0.3 is 25.0 Å². The topological polar surface area (TPSA) is 119 Å². The number of aliphatic hydroxyl groups excluding tert-OH is 1. The van der Waals surface area contributed by atoms with Crippen molar-refractivity contribution in [2.45, 2.75) is 45.3 Å². The van der Waals surface area contributed by atoms with E-state index in [0.29, 0.717) is 30.0 Å². The monoisotopic (exact) mass is 512 g/mol. The zero-order valence-corrected chi connectivity index (χ0v) is 22.5. The quantitative estimate of drug-likeness (QED) is 0.480. The summed E-state index contributed by atoms with van der Waals surface area (Å²) in [5.41, 5.74) is 1.16. The van der Waals surface area contributed by atoms with E-state index in [1.54, 1.807) is 30.0 Å². The number of likely N-dealkylation sites (N-methyl/N-ethyl adjacent to an activating group) is 1. The van der Waals surface area contributed by atoms with Crippen molar-refractivity contribution in [1.82, 2.24) is 14.1 Å². The first kappa shape index (κ1) is 29.0. The number of carbonyl (C=O) groups is 2. The van der Waals surface area contributed by atoms with E-state index in [4.69, 9.17) is 4.74 Å². The number of anilines is 1. The summed E-state index contributed by atoms with van der Waals surface area (Å²) in [5.74, 6) is -0.0193. The van der Waals surface area contributed by atoms with Gasteiger partial charge in [-0.15, -0.1) is 0 Å². The van der Waals surface area contributed by atoms with Crippen molar-refractivity contribution >= 4 is 27.5 Å². The molecule has 0 fully saturated rings. The number of nitrogens with one attached hydrogen (secondary N) is 1. The molecule has 0 aliphatic carbocycles. The number of nitrogens with zero attached hydrogens (tertiary/aromatic N) is 3. The van der Waals surface area contributed by atoms with Crippen LogP contribution < -0.4 is 10.1 Å². The first-order valence-corrected chi connectivity index (χ1v) is 13.7. The summed E-state index contributed by atoms with van der Waals surface area (Å²) in [6.07, 6.45) is 1.75. The van der Waals surface area contributed by atoms with E-state index in [9.17, 15) is 23.1 Å². The Balaban J connectivity index is 2.34. The van der Waals surface area contributed by atoms with Crippen molar-refractivity contribution in [3.63, 3.8) is 0 Å². The molecule has 35 heavy (non-hydrogen) atoms. The molecule has 0 radical (unpaired) electrons. The van der Waals surface area contributed by atoms with Crippen molar-refractivity contribution in [3.8, 4) is 5.75 Å². The number of amides is 2. The number of sulfonamides is 1. The van der Waals surface area contributed by atoms with Crippen molar-refractivity contribution in [3.05, 3.63) is 23.8 Å². The normalized spacial score (nSPS) is 20.0. The minimum atomic E-state index is -3.43. The molecular formula is C24H40N4O6S. The lowest BCUT2D eigenvalue weighted by Crippen LogP contribution is -2.48. The molecule has 0 saturated carbocycles. The van der Waals surface area contributed by atoms with Gasteiger partial charge in [-0.1, -0.05) is 6.92 Å². The molecular weight excluding hydrogens is 472 g/mol. The molecule has 1 aromatic rings. The highest BCUT2D eigenvalue weighted by Crippen LogP contribution is 2.29. The molecule has 3 atom stereocenters. The second kappa shape index (κ2) is 12.7. The lowest BCUT2D eigenvalue weighted by atomic mass is 10.0. The highest BCUT2D eigenvalue weighted by atomic mass is 32.2. The molecule has 10 nitrogen and oxygen atoms in total. The third-order valence-corrected chi connectivity index (χ3v) is 7.49. The van der Waals surface area contributed by atoms with Gasteiger partial charge in [0.15, 0.2) is 0 Å². The fourth-order valence-electron chi connectivity index (χ4n) is 3.89. The predicted octanol–water partition coefficient (Wildman–Crippen LogP) is 1.01. The summed E-state index contributed by atoms with van der Waals surface area (Å²) in [4.78, 5) is 29.2. The first-order valence-electron chi connectivity index (χ1n) is 11.9. The van der Waals surface area contributed by atoms with E-state index < -0.39 is 22.2 Å². The molecule has 0 bridgehead atoms. The summed E-state index contributed by atoms with van der Waals surface area (Å²) in [6.45, 7) is 4.71. The molecule has 11 heteroatoms. The maximum atomic E-state index is 13.2. The van der Waals surface area contributed by atoms with Crippen LogP contribution in [-0.4, -0.2) is 105 Å². The van der Waals surface area contributed by atoms with Gasteiger partial charge in [-0.25, -0.2) is 12.7 Å². The first-order chi connectivity index (χ1) is 16.3. The molecule has 1 aromatic carbocycles. The number of ether oxygens (including phenoxy) is 1. The summed E-state index contributed by atoms with van der Waals surface area (Å²) < 4.78 is 31.6. The molecule has 2 rings (SSSR count). The van der Waals surface area contributed by atoms with Crippen LogP contribution in [0.5, 0.6) is 5.75 Å². The van der Waals surface area contributed by atoms with Crippen LogP contribution in [0.25, 0.3) is 0 Å². The zero-order chi connectivity index (χ0) is 26.3. The fourth-order valence-corrected chi connectivity index (χ4v) is 4.31. The van der Waals surface area contributed by atoms with Gasteiger partial charge in [0.05, 0.1) is 31.9 Å². The molecule has 1 heterocycles. The van der Waals surface area contributed by atoms with Crippen molar-refractivity contribution in [1.29, 1.82) is 0 Å². The molecule has 0 unspecified atom stereocenters. The Bertz CT molecular complexity index is 984. The number of hydrogen-bond acceptors (Lipinski definition) is 7. The fraction of sp³-hybridized carbons (Fsp3) is 0.667. The van der Waals surface area contributed by atoms with Gasteiger partial charge in [0, 0.05) is 37.2 Å². The van der Waals surface area contributed by atoms with Gasteiger partial charge in [-0.2, -0.15) is 0 Å². The molecule has 1 aliphatic rings. The Labute approximate surface area is 209 Å². The average Bonchev–Trinajstić information content (AvgIpc) is 2.80. The van der Waals surface area contributed by atoms with Gasteiger partial charge in [-0.3, -0.25) is 9.59 Å². The van der Waals surface area contributed by atoms with Crippen LogP contribution in [0.4, 0.5) is 5.69 Å². The zero-order valence-electron chi connectivity index (χ0n) is 21.7. The van der Waals surface area contributed by atoms with Gasteiger partial charge in [0.1, 0.15) is 11.9 Å². The largest absolute Gasteiger partial charge is 0.488 e. The maximum absolute atomic E-state index is 13.2. The lowest BCUT2D eigenvalue weighted by molar-refractivity contribution is -0.134. The van der Waals surface area contributed by atoms with Crippen LogP contribution in [0.1, 0.15) is 32.3 Å². The highest BCUT2D eigenvalue weighted by Gasteiger charge is 2.32. The van der Waals surface area contributed by atoms with Crippen LogP contribution in [0, 0.1) is 5.92 Å². The SMILES string of the molecule is C[C@H](CO)N1C[C@H](C)[C@H](CN(C)S(C)(=O)=O)Oc2ccc(NC(=O)CCCN(C)C)cc2CC1=O. The number of rotatable bonds is 10. The Kier molecular flexibility index (Phi) is 10.5. The molecule has 2 amide bonds. The molecule has 0 saturated heterocycles. The minimum Gasteiger partial charge on any atom is -0.488 e. The van der Waals surface area contributed by atoms with E-state index in [1.807, 2.05) is 25.9 Å². The van der Waals surface area contributed by atoms with E-state index in [0.717, 1.165) is 19.2 Å². The Morgan fingerprint density at radius 1 is 1.31 bits per heavy atom. The second-order valence-corrected chi connectivity index (χ2v) is 11.8. The molecule has 1 aliphatic heterocycles. The van der Waals surface area contributed by atoms with Crippen molar-refractivity contribution < 1.29 is 27.9 Å². The summed E-state index contributed by atoms with van der Waals surface area (Å²) >= 11 is 0. The second-order valence-electron chi connectivity index (χ2n) is 9.71. The highest BCUT2D eigenvalue weighted by molar-refractivity contribution is 7.88. The van der Waals surface area contributed by atoms with Crippen LogP contribution >= 0.6 is 0 Å². The van der Waals surface area contributed by atoms with Crippen LogP contribution in [-0.2, 0) is 26.0 Å². The van der Waals surface area contributed by atoms with Gasteiger partial charge >= 0.3 is 0 Å². The number of fused-ring (bicyclic) bond motifs is 1. The number of carbonyl (C=O) groups excluding carboxylic acids is 2. The van der Waals surface area contributed by atoms with Crippen LogP contribution in [0.3, 0.4) is 0 Å². The van der Waals surface area contributed by atoms with E-state index >= 15 is 0 Å². The smallest absolute Gasteiger partial charge is 0.227 e. The Morgan fingerprint density at radius 2 is 2.00 bits per heavy atom. The summed E-state index contributed by atoms with van der Waals surface area (Å²) in [7, 11) is 1.97. The number of aliphatic hydroxyl groups is 1. The van der Waals surface area contributed by atoms with E-state index in [1.165, 1.54) is 11.4 Å². The van der Waals surface area contributed by atoms with Gasteiger partial charge in [0.25, 0.3) is 0 Å². The predicted molar refractivity (Wildman–Crippen MR) is 136 cm³/mol. The number of hydrogen-bond donors (Lipinski definition) is 2. The van der Waals surface area contributed by atoms with Crippen molar-refractivity contribution in [2.24, 2.45) is 5.92 Å². The lowest BCUT2D eigenvalue weighted by Gasteiger charge is -2.33. The molecule has 0 aromatic heterocycles. The van der Waals surface area contributed by atoms with Gasteiger partial charge in [-0.05, 0) is 52.2 Å². The Morgan fingerprint density at radius 3 is 2.60 bits per heavy atom. The summed E-state index contributed by atoms with van der Waals surface area (Å²) in [5, 5.41) is 12.6. The molecule has 0 spiro atoms. The average molecular weight is 513 g/mol.